The number of fused-ring (bicyclic) bond motifs is 1. The van der Waals surface area contributed by atoms with Crippen LogP contribution in [0, 0.1) is 5.92 Å². The number of aryl methyl sites for hydroxylation is 1. The van der Waals surface area contributed by atoms with Crippen LogP contribution in [-0.2, 0) is 11.8 Å². The largest absolute Gasteiger partial charge is 0.493 e. The fraction of sp³-hybridized carbons (Fsp3) is 0.292. The lowest BCUT2D eigenvalue weighted by Crippen LogP contribution is -2.39. The first-order valence-electron chi connectivity index (χ1n) is 10.3. The van der Waals surface area contributed by atoms with Crippen LogP contribution in [0.2, 0.25) is 0 Å². The summed E-state index contributed by atoms with van der Waals surface area (Å²) in [4.78, 5) is 9.11. The predicted molar refractivity (Wildman–Crippen MR) is 118 cm³/mol. The third-order valence-electron chi connectivity index (χ3n) is 5.69. The average Bonchev–Trinajstić information content (AvgIpc) is 3.13. The van der Waals surface area contributed by atoms with Crippen LogP contribution in [-0.4, -0.2) is 46.2 Å². The van der Waals surface area contributed by atoms with Gasteiger partial charge in [0.25, 0.3) is 0 Å². The van der Waals surface area contributed by atoms with E-state index < -0.39 is 0 Å². The van der Waals surface area contributed by atoms with Gasteiger partial charge in [-0.3, -0.25) is 4.68 Å². The van der Waals surface area contributed by atoms with Gasteiger partial charge in [-0.15, -0.1) is 0 Å². The molecule has 31 heavy (non-hydrogen) atoms. The Labute approximate surface area is 180 Å². The van der Waals surface area contributed by atoms with E-state index in [2.05, 4.69) is 29.0 Å². The van der Waals surface area contributed by atoms with Crippen LogP contribution in [0.5, 0.6) is 11.5 Å². The quantitative estimate of drug-likeness (QED) is 0.471. The molecule has 0 N–H and O–H groups in total. The van der Waals surface area contributed by atoms with Gasteiger partial charge in [0.1, 0.15) is 18.1 Å². The van der Waals surface area contributed by atoms with Crippen molar-refractivity contribution in [3.05, 3.63) is 55.0 Å². The van der Waals surface area contributed by atoms with Crippen molar-refractivity contribution in [3.8, 4) is 34.0 Å². The van der Waals surface area contributed by atoms with Crippen molar-refractivity contribution in [2.24, 2.45) is 13.0 Å². The van der Waals surface area contributed by atoms with Crippen molar-refractivity contribution in [2.45, 2.75) is 13.0 Å². The lowest BCUT2D eigenvalue weighted by molar-refractivity contribution is -0.0780. The van der Waals surface area contributed by atoms with Gasteiger partial charge in [0.2, 0.25) is 0 Å². The summed E-state index contributed by atoms with van der Waals surface area (Å²) in [5.74, 6) is 1.71. The second kappa shape index (κ2) is 8.00. The molecule has 0 amide bonds. The zero-order valence-electron chi connectivity index (χ0n) is 17.8. The Balaban J connectivity index is 1.64. The van der Waals surface area contributed by atoms with Gasteiger partial charge in [0.05, 0.1) is 31.5 Å². The molecule has 2 aromatic carbocycles. The zero-order valence-corrected chi connectivity index (χ0v) is 17.8. The average molecular weight is 416 g/mol. The number of methoxy groups -OCH3 is 1. The molecule has 0 saturated carbocycles. The number of hydrogen-bond acceptors (Lipinski definition) is 6. The van der Waals surface area contributed by atoms with E-state index in [-0.39, 0.29) is 6.10 Å². The highest BCUT2D eigenvalue weighted by atomic mass is 16.5. The molecule has 7 heteroatoms. The Bertz CT molecular complexity index is 1220. The molecule has 0 bridgehead atoms. The maximum Gasteiger partial charge on any atom is 0.162 e. The summed E-state index contributed by atoms with van der Waals surface area (Å²) in [6.07, 6.45) is 3.59. The summed E-state index contributed by atoms with van der Waals surface area (Å²) in [5, 5.41) is 5.59. The second-order valence-corrected chi connectivity index (χ2v) is 7.79. The van der Waals surface area contributed by atoms with Crippen molar-refractivity contribution >= 4 is 10.9 Å². The molecule has 1 atom stereocenters. The normalized spacial score (nSPS) is 14.9. The van der Waals surface area contributed by atoms with Crippen molar-refractivity contribution < 1.29 is 14.2 Å². The maximum absolute atomic E-state index is 6.28. The van der Waals surface area contributed by atoms with Crippen molar-refractivity contribution in [1.29, 1.82) is 0 Å². The number of benzene rings is 2. The molecule has 5 rings (SSSR count). The van der Waals surface area contributed by atoms with Crippen LogP contribution in [0.25, 0.3) is 33.4 Å². The minimum atomic E-state index is 0.0199. The van der Waals surface area contributed by atoms with Crippen LogP contribution in [0.15, 0.2) is 55.0 Å². The topological polar surface area (TPSA) is 71.3 Å². The molecule has 158 valence electrons. The zero-order chi connectivity index (χ0) is 21.4. The number of aromatic nitrogens is 4. The van der Waals surface area contributed by atoms with Crippen molar-refractivity contribution in [3.63, 3.8) is 0 Å². The summed E-state index contributed by atoms with van der Waals surface area (Å²) in [6.45, 7) is 3.51. The molecule has 4 aromatic rings. The third kappa shape index (κ3) is 3.61. The number of hydrogen-bond donors (Lipinski definition) is 0. The standard InChI is InChI=1S/C24H24N4O3/c1-15(17-12-30-13-17)31-22-9-18-20(10-21(22)29-3)25-14-26-24(18)19-11-28(2)27-23(19)16-7-5-4-6-8-16/h4-11,14-15,17H,12-13H2,1-3H3/t15-/m0/s1. The highest BCUT2D eigenvalue weighted by Gasteiger charge is 2.28. The first kappa shape index (κ1) is 19.5. The number of nitrogens with zero attached hydrogens (tertiary/aromatic N) is 4. The summed E-state index contributed by atoms with van der Waals surface area (Å²) in [6, 6.07) is 14.0. The Morgan fingerprint density at radius 1 is 1.06 bits per heavy atom. The molecule has 1 aliphatic rings. The fourth-order valence-electron chi connectivity index (χ4n) is 3.82. The van der Waals surface area contributed by atoms with Crippen LogP contribution in [0.3, 0.4) is 0 Å². The van der Waals surface area contributed by atoms with Crippen LogP contribution in [0.1, 0.15) is 6.92 Å². The van der Waals surface area contributed by atoms with Gasteiger partial charge in [-0.1, -0.05) is 30.3 Å². The van der Waals surface area contributed by atoms with Crippen LogP contribution in [0.4, 0.5) is 0 Å². The Hall–Kier alpha value is -3.45. The highest BCUT2D eigenvalue weighted by molar-refractivity contribution is 5.97. The minimum Gasteiger partial charge on any atom is -0.493 e. The summed E-state index contributed by atoms with van der Waals surface area (Å²) in [7, 11) is 3.56. The van der Waals surface area contributed by atoms with E-state index in [1.54, 1.807) is 13.4 Å². The molecule has 0 spiro atoms. The van der Waals surface area contributed by atoms with Gasteiger partial charge in [0.15, 0.2) is 11.5 Å². The molecule has 0 radical (unpaired) electrons. The first-order valence-corrected chi connectivity index (χ1v) is 10.3. The molecule has 0 aliphatic carbocycles. The van der Waals surface area contributed by atoms with Gasteiger partial charge in [0, 0.05) is 41.7 Å². The lowest BCUT2D eigenvalue weighted by atomic mass is 10.0. The molecule has 1 aliphatic heterocycles. The Morgan fingerprint density at radius 3 is 2.58 bits per heavy atom. The summed E-state index contributed by atoms with van der Waals surface area (Å²) >= 11 is 0. The summed E-state index contributed by atoms with van der Waals surface area (Å²) < 4.78 is 19.0. The van der Waals surface area contributed by atoms with E-state index in [1.807, 2.05) is 48.3 Å². The number of rotatable bonds is 6. The molecular formula is C24H24N4O3. The SMILES string of the molecule is COc1cc2ncnc(-c3cn(C)nc3-c3ccccc3)c2cc1O[C@@H](C)C1COC1. The fourth-order valence-corrected chi connectivity index (χ4v) is 3.82. The molecule has 1 saturated heterocycles. The van der Waals surface area contributed by atoms with Gasteiger partial charge in [-0.2, -0.15) is 5.10 Å². The lowest BCUT2D eigenvalue weighted by Gasteiger charge is -2.32. The first-order chi connectivity index (χ1) is 15.1. The van der Waals surface area contributed by atoms with Crippen molar-refractivity contribution in [1.82, 2.24) is 19.7 Å². The maximum atomic E-state index is 6.28. The molecule has 3 heterocycles. The van der Waals surface area contributed by atoms with E-state index in [1.165, 1.54) is 0 Å². The van der Waals surface area contributed by atoms with Crippen LogP contribution < -0.4 is 9.47 Å². The van der Waals surface area contributed by atoms with E-state index in [0.29, 0.717) is 17.4 Å². The monoisotopic (exact) mass is 416 g/mol. The van der Waals surface area contributed by atoms with E-state index in [0.717, 1.165) is 46.6 Å². The number of ether oxygens (including phenoxy) is 3. The van der Waals surface area contributed by atoms with Gasteiger partial charge < -0.3 is 14.2 Å². The van der Waals surface area contributed by atoms with E-state index >= 15 is 0 Å². The second-order valence-electron chi connectivity index (χ2n) is 7.79. The van der Waals surface area contributed by atoms with Crippen LogP contribution >= 0.6 is 0 Å². The minimum absolute atomic E-state index is 0.0199. The molecule has 7 nitrogen and oxygen atoms in total. The van der Waals surface area contributed by atoms with Gasteiger partial charge >= 0.3 is 0 Å². The van der Waals surface area contributed by atoms with E-state index in [4.69, 9.17) is 19.3 Å². The Morgan fingerprint density at radius 2 is 1.87 bits per heavy atom. The van der Waals surface area contributed by atoms with E-state index in [9.17, 15) is 0 Å². The highest BCUT2D eigenvalue weighted by Crippen LogP contribution is 2.39. The molecule has 2 aromatic heterocycles. The Kier molecular flexibility index (Phi) is 5.03. The smallest absolute Gasteiger partial charge is 0.162 e. The van der Waals surface area contributed by atoms with Crippen molar-refractivity contribution in [2.75, 3.05) is 20.3 Å². The predicted octanol–water partition coefficient (Wildman–Crippen LogP) is 4.12. The van der Waals surface area contributed by atoms with Gasteiger partial charge in [-0.05, 0) is 13.0 Å². The molecular weight excluding hydrogens is 392 g/mol. The van der Waals surface area contributed by atoms with Gasteiger partial charge in [-0.25, -0.2) is 9.97 Å². The molecule has 1 fully saturated rings. The summed E-state index contributed by atoms with van der Waals surface area (Å²) in [5.41, 5.74) is 4.45. The third-order valence-corrected chi connectivity index (χ3v) is 5.69. The molecule has 0 unspecified atom stereocenters.